The largest absolute Gasteiger partial charge is 0.0845 e. The molecular weight excluding hydrogens is 108 g/mol. The molecule has 0 aromatic heterocycles. The Bertz CT molecular complexity index is 103. The van der Waals surface area contributed by atoms with Gasteiger partial charge in [0.1, 0.15) is 0 Å². The van der Waals surface area contributed by atoms with Crippen molar-refractivity contribution in [3.8, 4) is 0 Å². The first-order chi connectivity index (χ1) is 4.27. The summed E-state index contributed by atoms with van der Waals surface area (Å²) in [5.74, 6) is 0. The van der Waals surface area contributed by atoms with Gasteiger partial charge in [-0.1, -0.05) is 37.1 Å². The lowest BCUT2D eigenvalue weighted by atomic mass is 10.2. The van der Waals surface area contributed by atoms with Crippen LogP contribution in [-0.2, 0) is 0 Å². The normalized spacial score (nSPS) is 10.1. The van der Waals surface area contributed by atoms with Crippen molar-refractivity contribution in [2.24, 2.45) is 0 Å². The SMILES string of the molecule is CCC/C=C\C=C(C)C. The molecule has 0 N–H and O–H groups in total. The molecule has 0 spiro atoms. The first-order valence-electron chi connectivity index (χ1n) is 3.57. The third-order valence-electron chi connectivity index (χ3n) is 1.02. The van der Waals surface area contributed by atoms with Crippen LogP contribution in [0.25, 0.3) is 0 Å². The molecule has 0 rings (SSSR count). The van der Waals surface area contributed by atoms with E-state index in [1.165, 1.54) is 18.4 Å². The third kappa shape index (κ3) is 7.48. The van der Waals surface area contributed by atoms with Gasteiger partial charge in [-0.15, -0.1) is 0 Å². The molecular formula is C9H16. The zero-order valence-corrected chi connectivity index (χ0v) is 6.65. The second kappa shape index (κ2) is 5.61. The molecule has 0 bridgehead atoms. The maximum absolute atomic E-state index is 2.20. The second-order valence-corrected chi connectivity index (χ2v) is 2.46. The van der Waals surface area contributed by atoms with Crippen molar-refractivity contribution in [2.45, 2.75) is 33.6 Å². The van der Waals surface area contributed by atoms with E-state index in [1.807, 2.05) is 0 Å². The molecule has 0 amide bonds. The van der Waals surface area contributed by atoms with E-state index in [9.17, 15) is 0 Å². The molecule has 0 saturated carbocycles. The van der Waals surface area contributed by atoms with E-state index in [4.69, 9.17) is 0 Å². The lowest BCUT2D eigenvalue weighted by molar-refractivity contribution is 0.958. The van der Waals surface area contributed by atoms with E-state index in [0.29, 0.717) is 0 Å². The van der Waals surface area contributed by atoms with Crippen LogP contribution >= 0.6 is 0 Å². The minimum Gasteiger partial charge on any atom is -0.0845 e. The maximum Gasteiger partial charge on any atom is -0.0350 e. The van der Waals surface area contributed by atoms with Crippen LogP contribution in [0.2, 0.25) is 0 Å². The third-order valence-corrected chi connectivity index (χ3v) is 1.02. The number of hydrogen-bond donors (Lipinski definition) is 0. The number of hydrogen-bond acceptors (Lipinski definition) is 0. The van der Waals surface area contributed by atoms with Gasteiger partial charge in [0.2, 0.25) is 0 Å². The van der Waals surface area contributed by atoms with Crippen LogP contribution in [0.3, 0.4) is 0 Å². The van der Waals surface area contributed by atoms with Gasteiger partial charge in [0, 0.05) is 0 Å². The lowest BCUT2D eigenvalue weighted by Crippen LogP contribution is -1.61. The predicted molar refractivity (Wildman–Crippen MR) is 43.5 cm³/mol. The molecule has 0 aromatic carbocycles. The van der Waals surface area contributed by atoms with Crippen LogP contribution in [0, 0.1) is 0 Å². The highest BCUT2D eigenvalue weighted by Crippen LogP contribution is 1.92. The Labute approximate surface area is 58.3 Å². The Morgan fingerprint density at radius 1 is 1.33 bits per heavy atom. The number of rotatable bonds is 3. The van der Waals surface area contributed by atoms with E-state index >= 15 is 0 Å². The molecule has 9 heavy (non-hydrogen) atoms. The summed E-state index contributed by atoms with van der Waals surface area (Å²) in [6, 6.07) is 0. The molecule has 0 radical (unpaired) electrons. The minimum atomic E-state index is 1.20. The van der Waals surface area contributed by atoms with Crippen molar-refractivity contribution in [1.82, 2.24) is 0 Å². The molecule has 0 unspecified atom stereocenters. The maximum atomic E-state index is 2.20. The fourth-order valence-electron chi connectivity index (χ4n) is 0.523. The molecule has 0 aliphatic rings. The molecule has 0 aliphatic heterocycles. The quantitative estimate of drug-likeness (QED) is 0.506. The Hall–Kier alpha value is -0.520. The van der Waals surface area contributed by atoms with E-state index in [1.54, 1.807) is 0 Å². The van der Waals surface area contributed by atoms with Gasteiger partial charge in [0.25, 0.3) is 0 Å². The molecule has 0 heteroatoms. The monoisotopic (exact) mass is 124 g/mol. The molecule has 0 fully saturated rings. The Morgan fingerprint density at radius 2 is 2.00 bits per heavy atom. The topological polar surface area (TPSA) is 0 Å². The number of allylic oxidation sites excluding steroid dienone is 4. The standard InChI is InChI=1S/C9H16/c1-4-5-6-7-8-9(2)3/h6-8H,4-5H2,1-3H3/b7-6-. The summed E-state index contributed by atoms with van der Waals surface area (Å²) in [4.78, 5) is 0. The van der Waals surface area contributed by atoms with Gasteiger partial charge in [0.15, 0.2) is 0 Å². The van der Waals surface area contributed by atoms with Gasteiger partial charge in [-0.3, -0.25) is 0 Å². The summed E-state index contributed by atoms with van der Waals surface area (Å²) in [7, 11) is 0. The van der Waals surface area contributed by atoms with Crippen molar-refractivity contribution < 1.29 is 0 Å². The predicted octanol–water partition coefficient (Wildman–Crippen LogP) is 3.31. The van der Waals surface area contributed by atoms with Gasteiger partial charge >= 0.3 is 0 Å². The van der Waals surface area contributed by atoms with E-state index in [2.05, 4.69) is 39.0 Å². The van der Waals surface area contributed by atoms with Crippen molar-refractivity contribution in [2.75, 3.05) is 0 Å². The van der Waals surface area contributed by atoms with Gasteiger partial charge < -0.3 is 0 Å². The van der Waals surface area contributed by atoms with Gasteiger partial charge in [-0.05, 0) is 20.3 Å². The molecule has 0 aromatic rings. The van der Waals surface area contributed by atoms with Crippen LogP contribution in [0.15, 0.2) is 23.8 Å². The number of unbranched alkanes of at least 4 members (excludes halogenated alkanes) is 1. The summed E-state index contributed by atoms with van der Waals surface area (Å²) in [5.41, 5.74) is 1.36. The zero-order chi connectivity index (χ0) is 7.11. The molecule has 52 valence electrons. The van der Waals surface area contributed by atoms with Crippen molar-refractivity contribution in [3.05, 3.63) is 23.8 Å². The second-order valence-electron chi connectivity index (χ2n) is 2.46. The first-order valence-corrected chi connectivity index (χ1v) is 3.57. The summed E-state index contributed by atoms with van der Waals surface area (Å²) in [6.45, 7) is 6.40. The summed E-state index contributed by atoms with van der Waals surface area (Å²) in [6.07, 6.45) is 8.90. The Morgan fingerprint density at radius 3 is 2.44 bits per heavy atom. The van der Waals surface area contributed by atoms with Gasteiger partial charge in [-0.2, -0.15) is 0 Å². The average molecular weight is 124 g/mol. The molecule has 0 aliphatic carbocycles. The summed E-state index contributed by atoms with van der Waals surface area (Å²) < 4.78 is 0. The average Bonchev–Trinajstić information content (AvgIpc) is 1.80. The molecule has 0 heterocycles. The summed E-state index contributed by atoms with van der Waals surface area (Å²) in [5, 5.41) is 0. The van der Waals surface area contributed by atoms with Gasteiger partial charge in [-0.25, -0.2) is 0 Å². The molecule has 0 atom stereocenters. The van der Waals surface area contributed by atoms with Crippen molar-refractivity contribution in [3.63, 3.8) is 0 Å². The molecule has 0 saturated heterocycles. The van der Waals surface area contributed by atoms with Crippen LogP contribution in [0.1, 0.15) is 33.6 Å². The van der Waals surface area contributed by atoms with E-state index in [-0.39, 0.29) is 0 Å². The minimum absolute atomic E-state index is 1.20. The van der Waals surface area contributed by atoms with Crippen molar-refractivity contribution >= 4 is 0 Å². The highest BCUT2D eigenvalue weighted by atomic mass is 13.8. The molecule has 0 nitrogen and oxygen atoms in total. The summed E-state index contributed by atoms with van der Waals surface area (Å²) >= 11 is 0. The lowest BCUT2D eigenvalue weighted by Gasteiger charge is -1.82. The fourth-order valence-corrected chi connectivity index (χ4v) is 0.523. The van der Waals surface area contributed by atoms with Crippen LogP contribution in [0.5, 0.6) is 0 Å². The van der Waals surface area contributed by atoms with Gasteiger partial charge in [0.05, 0.1) is 0 Å². The van der Waals surface area contributed by atoms with E-state index in [0.717, 1.165) is 0 Å². The Balaban J connectivity index is 3.35. The zero-order valence-electron chi connectivity index (χ0n) is 6.65. The van der Waals surface area contributed by atoms with Crippen LogP contribution in [-0.4, -0.2) is 0 Å². The Kier molecular flexibility index (Phi) is 5.29. The highest BCUT2D eigenvalue weighted by molar-refractivity contribution is 5.07. The van der Waals surface area contributed by atoms with E-state index < -0.39 is 0 Å². The fraction of sp³-hybridized carbons (Fsp3) is 0.556. The van der Waals surface area contributed by atoms with Crippen LogP contribution in [0.4, 0.5) is 0 Å². The smallest absolute Gasteiger partial charge is 0.0350 e. The van der Waals surface area contributed by atoms with Crippen molar-refractivity contribution in [1.29, 1.82) is 0 Å². The first kappa shape index (κ1) is 8.48. The highest BCUT2D eigenvalue weighted by Gasteiger charge is 1.71. The van der Waals surface area contributed by atoms with Crippen LogP contribution < -0.4 is 0 Å².